The zero-order valence-electron chi connectivity index (χ0n) is 20.6. The summed E-state index contributed by atoms with van der Waals surface area (Å²) in [7, 11) is 0. The summed E-state index contributed by atoms with van der Waals surface area (Å²) in [5.74, 6) is 1.87. The Morgan fingerprint density at radius 2 is 1.52 bits per heavy atom. The van der Waals surface area contributed by atoms with E-state index in [4.69, 9.17) is 4.98 Å². The van der Waals surface area contributed by atoms with Gasteiger partial charge in [-0.05, 0) is 70.7 Å². The number of fused-ring (bicyclic) bond motifs is 1. The van der Waals surface area contributed by atoms with Gasteiger partial charge in [0.15, 0.2) is 0 Å². The van der Waals surface area contributed by atoms with Gasteiger partial charge < -0.3 is 9.47 Å². The topological polar surface area (TPSA) is 41.4 Å². The summed E-state index contributed by atoms with van der Waals surface area (Å²) < 4.78 is 2.35. The van der Waals surface area contributed by atoms with Gasteiger partial charge in [0.25, 0.3) is 0 Å². The number of likely N-dealkylation sites (tertiary alicyclic amines) is 1. The fourth-order valence-electron chi connectivity index (χ4n) is 6.72. The molecular weight excluding hydrogens is 408 g/mol. The number of benzene rings is 1. The highest BCUT2D eigenvalue weighted by atomic mass is 16.2. The molecule has 1 aromatic heterocycles. The van der Waals surface area contributed by atoms with Gasteiger partial charge in [-0.25, -0.2) is 4.98 Å². The molecule has 0 atom stereocenters. The molecule has 1 aliphatic heterocycles. The van der Waals surface area contributed by atoms with Crippen molar-refractivity contribution >= 4 is 16.9 Å². The van der Waals surface area contributed by atoms with Gasteiger partial charge in [-0.2, -0.15) is 0 Å². The Bertz CT molecular complexity index is 899. The molecule has 5 heteroatoms. The number of piperidine rings is 1. The highest BCUT2D eigenvalue weighted by Gasteiger charge is 2.37. The number of aromatic nitrogens is 2. The van der Waals surface area contributed by atoms with Crippen LogP contribution in [-0.4, -0.2) is 50.4 Å². The van der Waals surface area contributed by atoms with Crippen LogP contribution in [0, 0.1) is 5.92 Å². The van der Waals surface area contributed by atoms with Crippen LogP contribution in [0.3, 0.4) is 0 Å². The number of carbonyl (C=O) groups excluding carboxylic acids is 1. The largest absolute Gasteiger partial charge is 0.336 e. The Labute approximate surface area is 199 Å². The van der Waals surface area contributed by atoms with E-state index in [2.05, 4.69) is 45.6 Å². The molecule has 2 saturated carbocycles. The SMILES string of the molecule is CCn1c(CN2CCC(C(=O)N(C3CCCCC3)C3CCCCC3)CC2)nc2ccccc21. The van der Waals surface area contributed by atoms with Crippen LogP contribution < -0.4 is 0 Å². The van der Waals surface area contributed by atoms with Crippen LogP contribution in [0.5, 0.6) is 0 Å². The average molecular weight is 451 g/mol. The molecule has 1 saturated heterocycles. The minimum absolute atomic E-state index is 0.218. The number of nitrogens with zero attached hydrogens (tertiary/aromatic N) is 4. The van der Waals surface area contributed by atoms with Crippen molar-refractivity contribution in [1.29, 1.82) is 0 Å². The maximum atomic E-state index is 13.9. The van der Waals surface area contributed by atoms with E-state index >= 15 is 0 Å². The van der Waals surface area contributed by atoms with E-state index < -0.39 is 0 Å². The minimum Gasteiger partial charge on any atom is -0.336 e. The third kappa shape index (κ3) is 4.99. The second-order valence-corrected chi connectivity index (χ2v) is 10.6. The summed E-state index contributed by atoms with van der Waals surface area (Å²) >= 11 is 0. The van der Waals surface area contributed by atoms with Crippen LogP contribution in [0.15, 0.2) is 24.3 Å². The number of imidazole rings is 1. The first-order chi connectivity index (χ1) is 16.2. The first-order valence-electron chi connectivity index (χ1n) is 13.7. The van der Waals surface area contributed by atoms with Gasteiger partial charge in [0.05, 0.1) is 17.6 Å². The first kappa shape index (κ1) is 22.9. The molecule has 0 spiro atoms. The number of amides is 1. The Kier molecular flexibility index (Phi) is 7.34. The van der Waals surface area contributed by atoms with Crippen molar-refractivity contribution in [2.75, 3.05) is 13.1 Å². The van der Waals surface area contributed by atoms with Crippen molar-refractivity contribution in [2.45, 2.75) is 109 Å². The third-order valence-electron chi connectivity index (χ3n) is 8.54. The van der Waals surface area contributed by atoms with Gasteiger partial charge >= 0.3 is 0 Å². The molecule has 5 rings (SSSR count). The number of rotatable bonds is 6. The van der Waals surface area contributed by atoms with Crippen molar-refractivity contribution < 1.29 is 4.79 Å². The molecule has 0 unspecified atom stereocenters. The number of hydrogen-bond acceptors (Lipinski definition) is 3. The number of hydrogen-bond donors (Lipinski definition) is 0. The summed E-state index contributed by atoms with van der Waals surface area (Å²) in [6, 6.07) is 9.47. The maximum absolute atomic E-state index is 13.9. The Hall–Kier alpha value is -1.88. The normalized spacial score (nSPS) is 22.1. The van der Waals surface area contributed by atoms with E-state index in [-0.39, 0.29) is 5.92 Å². The molecule has 0 bridgehead atoms. The lowest BCUT2D eigenvalue weighted by molar-refractivity contribution is -0.144. The molecule has 2 aliphatic carbocycles. The van der Waals surface area contributed by atoms with E-state index in [1.54, 1.807) is 0 Å². The van der Waals surface area contributed by atoms with E-state index in [0.717, 1.165) is 50.4 Å². The van der Waals surface area contributed by atoms with Gasteiger partial charge in [0, 0.05) is 24.5 Å². The van der Waals surface area contributed by atoms with Crippen molar-refractivity contribution in [3.05, 3.63) is 30.1 Å². The zero-order chi connectivity index (χ0) is 22.6. The predicted molar refractivity (Wildman–Crippen MR) is 134 cm³/mol. The van der Waals surface area contributed by atoms with Crippen LogP contribution in [0.4, 0.5) is 0 Å². The molecule has 180 valence electrons. The molecule has 3 aliphatic rings. The fourth-order valence-corrected chi connectivity index (χ4v) is 6.72. The van der Waals surface area contributed by atoms with Crippen molar-refractivity contribution in [3.63, 3.8) is 0 Å². The number of para-hydroxylation sites is 2. The van der Waals surface area contributed by atoms with Crippen LogP contribution in [0.25, 0.3) is 11.0 Å². The van der Waals surface area contributed by atoms with Crippen LogP contribution >= 0.6 is 0 Å². The number of aryl methyl sites for hydroxylation is 1. The lowest BCUT2D eigenvalue weighted by Crippen LogP contribution is -2.52. The van der Waals surface area contributed by atoms with Crippen molar-refractivity contribution in [3.8, 4) is 0 Å². The van der Waals surface area contributed by atoms with Gasteiger partial charge in [-0.15, -0.1) is 0 Å². The van der Waals surface area contributed by atoms with Crippen LogP contribution in [-0.2, 0) is 17.9 Å². The molecule has 1 amide bonds. The fraction of sp³-hybridized carbons (Fsp3) is 0.714. The van der Waals surface area contributed by atoms with Crippen molar-refractivity contribution in [2.24, 2.45) is 5.92 Å². The molecule has 0 N–H and O–H groups in total. The second kappa shape index (κ2) is 10.6. The number of carbonyl (C=O) groups is 1. The van der Waals surface area contributed by atoms with Gasteiger partial charge in [-0.1, -0.05) is 50.7 Å². The Morgan fingerprint density at radius 3 is 2.12 bits per heavy atom. The summed E-state index contributed by atoms with van der Waals surface area (Å²) in [5.41, 5.74) is 2.32. The second-order valence-electron chi connectivity index (χ2n) is 10.6. The monoisotopic (exact) mass is 450 g/mol. The van der Waals surface area contributed by atoms with E-state index in [0.29, 0.717) is 18.0 Å². The molecule has 1 aromatic carbocycles. The predicted octanol–water partition coefficient (Wildman–Crippen LogP) is 5.76. The average Bonchev–Trinajstić information content (AvgIpc) is 3.23. The first-order valence-corrected chi connectivity index (χ1v) is 13.7. The molecule has 0 radical (unpaired) electrons. The molecular formula is C28H42N4O. The molecule has 5 nitrogen and oxygen atoms in total. The maximum Gasteiger partial charge on any atom is 0.226 e. The van der Waals surface area contributed by atoms with E-state index in [1.807, 2.05) is 0 Å². The molecule has 33 heavy (non-hydrogen) atoms. The van der Waals surface area contributed by atoms with Gasteiger partial charge in [-0.3, -0.25) is 9.69 Å². The van der Waals surface area contributed by atoms with Crippen LogP contribution in [0.1, 0.15) is 89.8 Å². The van der Waals surface area contributed by atoms with Crippen molar-refractivity contribution in [1.82, 2.24) is 19.4 Å². The summed E-state index contributed by atoms with van der Waals surface area (Å²) in [6.45, 7) is 6.05. The Morgan fingerprint density at radius 1 is 0.909 bits per heavy atom. The molecule has 2 heterocycles. The van der Waals surface area contributed by atoms with Crippen LogP contribution in [0.2, 0.25) is 0 Å². The summed E-state index contributed by atoms with van der Waals surface area (Å²) in [6.07, 6.45) is 14.8. The highest BCUT2D eigenvalue weighted by molar-refractivity contribution is 5.80. The third-order valence-corrected chi connectivity index (χ3v) is 8.54. The van der Waals surface area contributed by atoms with E-state index in [9.17, 15) is 4.79 Å². The quantitative estimate of drug-likeness (QED) is 0.562. The molecule has 3 fully saturated rings. The standard InChI is InChI=1S/C28H42N4O/c1-2-31-26-16-10-9-15-25(26)29-27(31)21-30-19-17-22(18-20-30)28(33)32(23-11-5-3-6-12-23)24-13-7-4-8-14-24/h9-10,15-16,22-24H,2-8,11-14,17-21H2,1H3. The van der Waals surface area contributed by atoms with Gasteiger partial charge in [0.1, 0.15) is 5.82 Å². The highest BCUT2D eigenvalue weighted by Crippen LogP contribution is 2.33. The Balaban J connectivity index is 1.23. The minimum atomic E-state index is 0.218. The molecule has 2 aromatic rings. The lowest BCUT2D eigenvalue weighted by atomic mass is 9.86. The summed E-state index contributed by atoms with van der Waals surface area (Å²) in [5, 5.41) is 0. The summed E-state index contributed by atoms with van der Waals surface area (Å²) in [4.78, 5) is 23.8. The van der Waals surface area contributed by atoms with Gasteiger partial charge in [0.2, 0.25) is 5.91 Å². The lowest BCUT2D eigenvalue weighted by Gasteiger charge is -2.44. The zero-order valence-corrected chi connectivity index (χ0v) is 20.6. The van der Waals surface area contributed by atoms with E-state index in [1.165, 1.54) is 69.7 Å². The smallest absolute Gasteiger partial charge is 0.226 e.